The number of hydrogen-bond acceptors (Lipinski definition) is 1. The molecule has 0 N–H and O–H groups in total. The molecular formula is C7H14IOZn-. The fourth-order valence-electron chi connectivity index (χ4n) is 0.927. The minimum Gasteiger partial charge on any atom is -0.381 e. The Morgan fingerprint density at radius 1 is 1.40 bits per heavy atom. The van der Waals surface area contributed by atoms with E-state index in [0.717, 1.165) is 19.4 Å². The first-order valence-electron chi connectivity index (χ1n) is 3.16. The van der Waals surface area contributed by atoms with Crippen molar-refractivity contribution in [3.63, 3.8) is 0 Å². The molecule has 0 unspecified atom stereocenters. The molecule has 0 aromatic rings. The van der Waals surface area contributed by atoms with Crippen LogP contribution in [0.1, 0.15) is 26.7 Å². The molecule has 1 nitrogen and oxygen atoms in total. The largest absolute Gasteiger partial charge is 0.381 e. The van der Waals surface area contributed by atoms with Crippen LogP contribution >= 0.6 is 24.0 Å². The molecule has 0 radical (unpaired) electrons. The van der Waals surface area contributed by atoms with Crippen LogP contribution in [0.5, 0.6) is 0 Å². The first kappa shape index (κ1) is 13.9. The van der Waals surface area contributed by atoms with Crippen molar-refractivity contribution in [3.8, 4) is 0 Å². The van der Waals surface area contributed by atoms with Gasteiger partial charge in [0.05, 0.1) is 0 Å². The van der Waals surface area contributed by atoms with Crippen molar-refractivity contribution in [2.24, 2.45) is 0 Å². The van der Waals surface area contributed by atoms with Crippen LogP contribution in [0.3, 0.4) is 0 Å². The van der Waals surface area contributed by atoms with Gasteiger partial charge < -0.3 is 11.2 Å². The third-order valence-corrected chi connectivity index (χ3v) is 1.45. The summed E-state index contributed by atoms with van der Waals surface area (Å²) in [5.41, 5.74) is 0.123. The van der Waals surface area contributed by atoms with Gasteiger partial charge >= 0.3 is 0 Å². The second kappa shape index (κ2) is 5.90. The first-order chi connectivity index (χ1) is 3.71. The molecule has 1 heterocycles. The topological polar surface area (TPSA) is 9.23 Å². The summed E-state index contributed by atoms with van der Waals surface area (Å²) in [7, 11) is 0. The normalized spacial score (nSPS) is 22.2. The van der Waals surface area contributed by atoms with Gasteiger partial charge in [-0.3, -0.25) is 0 Å². The summed E-state index contributed by atoms with van der Waals surface area (Å²) in [5.74, 6) is 0. The Balaban J connectivity index is 0. The second-order valence-electron chi connectivity index (χ2n) is 2.89. The van der Waals surface area contributed by atoms with E-state index in [9.17, 15) is 0 Å². The molecule has 0 aliphatic carbocycles. The maximum Gasteiger partial charge on any atom is 0.0358 e. The van der Waals surface area contributed by atoms with Crippen molar-refractivity contribution in [1.29, 1.82) is 0 Å². The summed E-state index contributed by atoms with van der Waals surface area (Å²) in [6, 6.07) is 0. The zero-order valence-corrected chi connectivity index (χ0v) is 12.0. The van der Waals surface area contributed by atoms with Crippen LogP contribution in [0.2, 0.25) is 0 Å². The second-order valence-corrected chi connectivity index (χ2v) is 2.89. The summed E-state index contributed by atoms with van der Waals surface area (Å²) in [6.07, 6.45) is 4.53. The molecule has 1 rings (SSSR count). The van der Waals surface area contributed by atoms with E-state index in [-0.39, 0.29) is 49.1 Å². The number of rotatable bonds is 0. The molecule has 0 amide bonds. The van der Waals surface area contributed by atoms with E-state index < -0.39 is 0 Å². The maximum atomic E-state index is 5.43. The van der Waals surface area contributed by atoms with E-state index >= 15 is 0 Å². The van der Waals surface area contributed by atoms with Crippen molar-refractivity contribution in [3.05, 3.63) is 6.42 Å². The van der Waals surface area contributed by atoms with Crippen LogP contribution in [0, 0.1) is 6.42 Å². The minimum atomic E-state index is 0. The van der Waals surface area contributed by atoms with Crippen LogP contribution in [0.25, 0.3) is 0 Å². The molecule has 0 bridgehead atoms. The Kier molecular flexibility index (Phi) is 8.19. The molecule has 1 fully saturated rings. The average Bonchev–Trinajstić information content (AvgIpc) is 1.65. The monoisotopic (exact) mass is 305 g/mol. The van der Waals surface area contributed by atoms with Gasteiger partial charge in [-0.2, -0.15) is 12.8 Å². The molecule has 0 spiro atoms. The van der Waals surface area contributed by atoms with Crippen molar-refractivity contribution in [2.75, 3.05) is 6.61 Å². The molecule has 3 heteroatoms. The van der Waals surface area contributed by atoms with Crippen LogP contribution in [0.15, 0.2) is 0 Å². The molecule has 10 heavy (non-hydrogen) atoms. The predicted molar refractivity (Wildman–Crippen MR) is 49.0 cm³/mol. The van der Waals surface area contributed by atoms with Crippen molar-refractivity contribution < 1.29 is 24.2 Å². The van der Waals surface area contributed by atoms with E-state index in [1.165, 1.54) is 0 Å². The average molecular weight is 306 g/mol. The van der Waals surface area contributed by atoms with Crippen molar-refractivity contribution in [1.82, 2.24) is 0 Å². The third-order valence-electron chi connectivity index (χ3n) is 1.45. The zero-order chi connectivity index (χ0) is 6.04. The van der Waals surface area contributed by atoms with Gasteiger partial charge in [0, 0.05) is 31.7 Å². The Labute approximate surface area is 93.1 Å². The van der Waals surface area contributed by atoms with Gasteiger partial charge in [0.1, 0.15) is 0 Å². The maximum absolute atomic E-state index is 5.43. The SMILES string of the molecule is CC1(C)C[CH-]CCO1.I.[Zn]. The first-order valence-corrected chi connectivity index (χ1v) is 3.16. The van der Waals surface area contributed by atoms with Crippen LogP contribution in [0.4, 0.5) is 0 Å². The molecule has 0 aromatic carbocycles. The summed E-state index contributed by atoms with van der Waals surface area (Å²) >= 11 is 0. The van der Waals surface area contributed by atoms with Gasteiger partial charge in [-0.25, -0.2) is 0 Å². The van der Waals surface area contributed by atoms with Gasteiger partial charge in [-0.15, -0.1) is 24.0 Å². The standard InChI is InChI=1S/C7H13O.HI.Zn/c1-7(2)5-3-4-6-8-7;;/h3H,4-6H2,1-2H3;1H;/q-1;;. The van der Waals surface area contributed by atoms with E-state index in [1.807, 2.05) is 0 Å². The third kappa shape index (κ3) is 5.03. The van der Waals surface area contributed by atoms with Gasteiger partial charge in [-0.05, 0) is 13.8 Å². The molecule has 1 saturated heterocycles. The smallest absolute Gasteiger partial charge is 0.0358 e. The van der Waals surface area contributed by atoms with Crippen molar-refractivity contribution >= 4 is 24.0 Å². The molecule has 0 saturated carbocycles. The van der Waals surface area contributed by atoms with Crippen LogP contribution in [-0.4, -0.2) is 12.2 Å². The Bertz CT molecular complexity index is 77.7. The summed E-state index contributed by atoms with van der Waals surface area (Å²) in [4.78, 5) is 0. The number of ether oxygens (including phenoxy) is 1. The zero-order valence-electron chi connectivity index (χ0n) is 6.72. The van der Waals surface area contributed by atoms with E-state index in [1.54, 1.807) is 0 Å². The summed E-state index contributed by atoms with van der Waals surface area (Å²) < 4.78 is 5.43. The Hall–Kier alpha value is 1.31. The number of halogens is 1. The van der Waals surface area contributed by atoms with Gasteiger partial charge in [-0.1, -0.05) is 0 Å². The van der Waals surface area contributed by atoms with E-state index in [2.05, 4.69) is 20.3 Å². The molecule has 0 aromatic heterocycles. The van der Waals surface area contributed by atoms with Gasteiger partial charge in [0.15, 0.2) is 0 Å². The van der Waals surface area contributed by atoms with Crippen LogP contribution < -0.4 is 0 Å². The van der Waals surface area contributed by atoms with E-state index in [0.29, 0.717) is 0 Å². The molecular weight excluding hydrogens is 292 g/mol. The summed E-state index contributed by atoms with van der Waals surface area (Å²) in [6.45, 7) is 5.16. The minimum absolute atomic E-state index is 0. The number of hydrogen-bond donors (Lipinski definition) is 0. The Morgan fingerprint density at radius 3 is 2.20 bits per heavy atom. The molecule has 1 aliphatic rings. The molecule has 58 valence electrons. The van der Waals surface area contributed by atoms with E-state index in [4.69, 9.17) is 4.74 Å². The Morgan fingerprint density at radius 2 is 2.00 bits per heavy atom. The van der Waals surface area contributed by atoms with Crippen molar-refractivity contribution in [2.45, 2.75) is 32.3 Å². The molecule has 1 aliphatic heterocycles. The fraction of sp³-hybridized carbons (Fsp3) is 0.857. The van der Waals surface area contributed by atoms with Crippen LogP contribution in [-0.2, 0) is 24.2 Å². The fourth-order valence-corrected chi connectivity index (χ4v) is 0.927. The predicted octanol–water partition coefficient (Wildman–Crippen LogP) is 2.40. The van der Waals surface area contributed by atoms with Gasteiger partial charge in [0.25, 0.3) is 0 Å². The summed E-state index contributed by atoms with van der Waals surface area (Å²) in [5, 5.41) is 0. The quantitative estimate of drug-likeness (QED) is 0.379. The van der Waals surface area contributed by atoms with Gasteiger partial charge in [0.2, 0.25) is 0 Å². The molecule has 0 atom stereocenters.